The van der Waals surface area contributed by atoms with E-state index in [1.807, 2.05) is 42.5 Å². The SMILES string of the molecule is CCCOc1cccc(C(N)C(C)c2ccccn2)c1. The van der Waals surface area contributed by atoms with E-state index in [0.717, 1.165) is 30.0 Å². The first kappa shape index (κ1) is 14.5. The highest BCUT2D eigenvalue weighted by Gasteiger charge is 2.18. The number of aromatic nitrogens is 1. The fourth-order valence-electron chi connectivity index (χ4n) is 2.15. The quantitative estimate of drug-likeness (QED) is 0.871. The van der Waals surface area contributed by atoms with Crippen molar-refractivity contribution in [1.82, 2.24) is 4.98 Å². The Balaban J connectivity index is 2.14. The second kappa shape index (κ2) is 7.06. The lowest BCUT2D eigenvalue weighted by atomic mass is 9.92. The van der Waals surface area contributed by atoms with Gasteiger partial charge in [-0.05, 0) is 36.2 Å². The average molecular weight is 270 g/mol. The van der Waals surface area contributed by atoms with E-state index in [1.165, 1.54) is 0 Å². The van der Waals surface area contributed by atoms with Gasteiger partial charge in [-0.1, -0.05) is 32.0 Å². The molecule has 2 unspecified atom stereocenters. The molecule has 0 spiro atoms. The minimum absolute atomic E-state index is 0.0879. The molecule has 1 aromatic heterocycles. The van der Waals surface area contributed by atoms with Crippen molar-refractivity contribution in [3.8, 4) is 5.75 Å². The molecule has 1 aromatic carbocycles. The summed E-state index contributed by atoms with van der Waals surface area (Å²) in [7, 11) is 0. The van der Waals surface area contributed by atoms with E-state index in [9.17, 15) is 0 Å². The third kappa shape index (κ3) is 3.58. The van der Waals surface area contributed by atoms with Gasteiger partial charge in [-0.2, -0.15) is 0 Å². The maximum atomic E-state index is 6.37. The number of hydrogen-bond acceptors (Lipinski definition) is 3. The molecule has 1 heterocycles. The zero-order chi connectivity index (χ0) is 14.4. The van der Waals surface area contributed by atoms with Gasteiger partial charge < -0.3 is 10.5 Å². The average Bonchev–Trinajstić information content (AvgIpc) is 2.52. The number of nitrogens with two attached hydrogens (primary N) is 1. The van der Waals surface area contributed by atoms with E-state index in [0.29, 0.717) is 0 Å². The smallest absolute Gasteiger partial charge is 0.119 e. The summed E-state index contributed by atoms with van der Waals surface area (Å²) in [6, 6.07) is 13.9. The third-order valence-corrected chi connectivity index (χ3v) is 3.41. The standard InChI is InChI=1S/C17H22N2O/c1-3-11-20-15-8-6-7-14(12-15)17(18)13(2)16-9-4-5-10-19-16/h4-10,12-13,17H,3,11,18H2,1-2H3. The van der Waals surface area contributed by atoms with Crippen LogP contribution in [0.5, 0.6) is 5.75 Å². The molecule has 0 fully saturated rings. The summed E-state index contributed by atoms with van der Waals surface area (Å²) in [6.07, 6.45) is 2.81. The molecule has 2 N–H and O–H groups in total. The van der Waals surface area contributed by atoms with E-state index in [4.69, 9.17) is 10.5 Å². The zero-order valence-corrected chi connectivity index (χ0v) is 12.1. The van der Waals surface area contributed by atoms with Crippen LogP contribution in [0, 0.1) is 0 Å². The summed E-state index contributed by atoms with van der Waals surface area (Å²) in [5.41, 5.74) is 8.47. The molecule has 0 bridgehead atoms. The normalized spacial score (nSPS) is 13.8. The first-order valence-electron chi connectivity index (χ1n) is 7.11. The highest BCUT2D eigenvalue weighted by atomic mass is 16.5. The van der Waals surface area contributed by atoms with E-state index in [1.54, 1.807) is 6.20 Å². The Morgan fingerprint density at radius 2 is 2.05 bits per heavy atom. The van der Waals surface area contributed by atoms with E-state index in [-0.39, 0.29) is 12.0 Å². The number of pyridine rings is 1. The van der Waals surface area contributed by atoms with Gasteiger partial charge in [0.15, 0.2) is 0 Å². The lowest BCUT2D eigenvalue weighted by Gasteiger charge is -2.20. The Morgan fingerprint density at radius 1 is 1.20 bits per heavy atom. The Hall–Kier alpha value is -1.87. The van der Waals surface area contributed by atoms with Crippen LogP contribution in [-0.4, -0.2) is 11.6 Å². The number of nitrogens with zero attached hydrogens (tertiary/aromatic N) is 1. The molecule has 20 heavy (non-hydrogen) atoms. The van der Waals surface area contributed by atoms with Crippen molar-refractivity contribution < 1.29 is 4.74 Å². The van der Waals surface area contributed by atoms with Gasteiger partial charge in [-0.3, -0.25) is 4.98 Å². The molecular weight excluding hydrogens is 248 g/mol. The first-order valence-corrected chi connectivity index (χ1v) is 7.11. The number of rotatable bonds is 6. The highest BCUT2D eigenvalue weighted by molar-refractivity contribution is 5.32. The monoisotopic (exact) mass is 270 g/mol. The predicted molar refractivity (Wildman–Crippen MR) is 81.8 cm³/mol. The van der Waals surface area contributed by atoms with Crippen LogP contribution < -0.4 is 10.5 Å². The zero-order valence-electron chi connectivity index (χ0n) is 12.1. The maximum Gasteiger partial charge on any atom is 0.119 e. The second-order valence-electron chi connectivity index (χ2n) is 4.99. The summed E-state index contributed by atoms with van der Waals surface area (Å²) in [5.74, 6) is 1.05. The van der Waals surface area contributed by atoms with Crippen LogP contribution in [0.25, 0.3) is 0 Å². The van der Waals surface area contributed by atoms with Crippen LogP contribution in [0.2, 0.25) is 0 Å². The number of ether oxygens (including phenoxy) is 1. The van der Waals surface area contributed by atoms with Crippen molar-refractivity contribution in [3.63, 3.8) is 0 Å². The van der Waals surface area contributed by atoms with E-state index >= 15 is 0 Å². The van der Waals surface area contributed by atoms with Crippen LogP contribution in [-0.2, 0) is 0 Å². The van der Waals surface area contributed by atoms with Gasteiger partial charge in [-0.25, -0.2) is 0 Å². The number of benzene rings is 1. The predicted octanol–water partition coefficient (Wildman–Crippen LogP) is 3.67. The van der Waals surface area contributed by atoms with Crippen molar-refractivity contribution >= 4 is 0 Å². The van der Waals surface area contributed by atoms with Gasteiger partial charge in [0, 0.05) is 23.9 Å². The van der Waals surface area contributed by atoms with Crippen molar-refractivity contribution in [1.29, 1.82) is 0 Å². The van der Waals surface area contributed by atoms with E-state index < -0.39 is 0 Å². The molecule has 2 rings (SSSR count). The van der Waals surface area contributed by atoms with Gasteiger partial charge in [0.2, 0.25) is 0 Å². The van der Waals surface area contributed by atoms with Crippen LogP contribution in [0.3, 0.4) is 0 Å². The Bertz CT molecular complexity index is 528. The summed E-state index contributed by atoms with van der Waals surface area (Å²) in [5, 5.41) is 0. The largest absolute Gasteiger partial charge is 0.494 e. The van der Waals surface area contributed by atoms with Gasteiger partial charge in [0.05, 0.1) is 6.61 Å². The van der Waals surface area contributed by atoms with Gasteiger partial charge in [0.25, 0.3) is 0 Å². The highest BCUT2D eigenvalue weighted by Crippen LogP contribution is 2.29. The van der Waals surface area contributed by atoms with Crippen molar-refractivity contribution in [2.24, 2.45) is 5.73 Å². The van der Waals surface area contributed by atoms with Gasteiger partial charge >= 0.3 is 0 Å². The molecule has 0 aliphatic rings. The topological polar surface area (TPSA) is 48.1 Å². The molecule has 0 aliphatic heterocycles. The molecule has 0 amide bonds. The van der Waals surface area contributed by atoms with Gasteiger partial charge in [0.1, 0.15) is 5.75 Å². The molecule has 2 aromatic rings. The van der Waals surface area contributed by atoms with Crippen molar-refractivity contribution in [2.75, 3.05) is 6.61 Å². The van der Waals surface area contributed by atoms with Crippen molar-refractivity contribution in [2.45, 2.75) is 32.2 Å². The molecule has 0 aliphatic carbocycles. The van der Waals surface area contributed by atoms with Crippen LogP contribution >= 0.6 is 0 Å². The minimum atomic E-state index is -0.0879. The minimum Gasteiger partial charge on any atom is -0.494 e. The lowest BCUT2D eigenvalue weighted by molar-refractivity contribution is 0.317. The van der Waals surface area contributed by atoms with Crippen LogP contribution in [0.4, 0.5) is 0 Å². The van der Waals surface area contributed by atoms with E-state index in [2.05, 4.69) is 18.8 Å². The molecule has 3 nitrogen and oxygen atoms in total. The molecule has 0 saturated heterocycles. The summed E-state index contributed by atoms with van der Waals surface area (Å²) < 4.78 is 5.66. The Kier molecular flexibility index (Phi) is 5.13. The summed E-state index contributed by atoms with van der Waals surface area (Å²) >= 11 is 0. The summed E-state index contributed by atoms with van der Waals surface area (Å²) in [6.45, 7) is 4.93. The molecule has 106 valence electrons. The maximum absolute atomic E-state index is 6.37. The first-order chi connectivity index (χ1) is 9.72. The van der Waals surface area contributed by atoms with Crippen molar-refractivity contribution in [3.05, 3.63) is 59.9 Å². The molecule has 3 heteroatoms. The lowest BCUT2D eigenvalue weighted by Crippen LogP contribution is -2.18. The molecule has 0 radical (unpaired) electrons. The Morgan fingerprint density at radius 3 is 2.75 bits per heavy atom. The molecular formula is C17H22N2O. The molecule has 0 saturated carbocycles. The fraction of sp³-hybridized carbons (Fsp3) is 0.353. The van der Waals surface area contributed by atoms with Crippen LogP contribution in [0.1, 0.15) is 43.5 Å². The summed E-state index contributed by atoms with van der Waals surface area (Å²) in [4.78, 5) is 4.39. The second-order valence-corrected chi connectivity index (χ2v) is 4.99. The number of hydrogen-bond donors (Lipinski definition) is 1. The fourth-order valence-corrected chi connectivity index (χ4v) is 2.15. The van der Waals surface area contributed by atoms with Gasteiger partial charge in [-0.15, -0.1) is 0 Å². The third-order valence-electron chi connectivity index (χ3n) is 3.41. The molecule has 2 atom stereocenters. The Labute approximate surface area is 120 Å². The van der Waals surface area contributed by atoms with Crippen LogP contribution in [0.15, 0.2) is 48.7 Å².